The van der Waals surface area contributed by atoms with E-state index in [0.29, 0.717) is 25.7 Å². The predicted molar refractivity (Wildman–Crippen MR) is 68.4 cm³/mol. The van der Waals surface area contributed by atoms with Crippen molar-refractivity contribution in [1.29, 1.82) is 0 Å². The first-order valence-corrected chi connectivity index (χ1v) is 8.76. The number of Topliss-reactive ketones (excluding diaryl/α,β-unsaturated/α-hetero) is 1. The summed E-state index contributed by atoms with van der Waals surface area (Å²) in [6.07, 6.45) is -3.71. The van der Waals surface area contributed by atoms with Gasteiger partial charge in [-0.1, -0.05) is 0 Å². The molecule has 4 bridgehead atoms. The lowest BCUT2D eigenvalue weighted by Gasteiger charge is -2.52. The Morgan fingerprint density at radius 3 is 1.91 bits per heavy atom. The van der Waals surface area contributed by atoms with Crippen molar-refractivity contribution in [3.8, 4) is 0 Å². The first kappa shape index (κ1) is 16.7. The molecule has 1 N–H and O–H groups in total. The molecule has 10 heteroatoms. The van der Waals surface area contributed by atoms with Crippen molar-refractivity contribution in [1.82, 2.24) is 0 Å². The molecule has 0 aliphatic heterocycles. The van der Waals surface area contributed by atoms with Gasteiger partial charge >= 0.3 is 27.7 Å². The van der Waals surface area contributed by atoms with Crippen LogP contribution in [0.4, 0.5) is 13.2 Å². The summed E-state index contributed by atoms with van der Waals surface area (Å²) in [5.41, 5.74) is -3.57. The predicted octanol–water partition coefficient (Wildman–Crippen LogP) is 1.56. The van der Waals surface area contributed by atoms with Crippen LogP contribution in [0.5, 0.6) is 0 Å². The van der Waals surface area contributed by atoms with Crippen molar-refractivity contribution in [3.63, 3.8) is 0 Å². The van der Waals surface area contributed by atoms with Gasteiger partial charge in [-0.25, -0.2) is 0 Å². The van der Waals surface area contributed by atoms with Gasteiger partial charge in [-0.2, -0.15) is 21.6 Å². The van der Waals surface area contributed by atoms with Crippen LogP contribution in [0.15, 0.2) is 0 Å². The Labute approximate surface area is 130 Å². The van der Waals surface area contributed by atoms with Gasteiger partial charge in [-0.15, -0.1) is 0 Å². The minimum absolute atomic E-state index is 0.151. The second-order valence-electron chi connectivity index (χ2n) is 6.61. The largest absolute Gasteiger partial charge is 0.443 e. The first-order valence-electron chi connectivity index (χ1n) is 7.25. The molecule has 4 rings (SSSR count). The Morgan fingerprint density at radius 1 is 1.13 bits per heavy atom. The summed E-state index contributed by atoms with van der Waals surface area (Å²) in [5, 5.41) is 0. The highest BCUT2D eigenvalue weighted by Crippen LogP contribution is 2.55. The monoisotopic (exact) mass is 356 g/mol. The lowest BCUT2D eigenvalue weighted by atomic mass is 9.51. The first-order chi connectivity index (χ1) is 10.5. The quantitative estimate of drug-likeness (QED) is 0.609. The molecule has 0 aromatic carbocycles. The Bertz CT molecular complexity index is 609. The van der Waals surface area contributed by atoms with Crippen LogP contribution in [0.2, 0.25) is 0 Å². The standard InChI is InChI=1S/C13H15F3O6S/c14-13(15,16)12(23(19,20)21)22-11(18)9-5-1-7-3-6(9)4-8(2-5)10(7)17/h5-9,12H,1-4H2,(H,19,20,21). The fourth-order valence-corrected chi connectivity index (χ4v) is 5.04. The van der Waals surface area contributed by atoms with Crippen LogP contribution in [-0.2, 0) is 24.4 Å². The second-order valence-corrected chi connectivity index (χ2v) is 8.07. The fraction of sp³-hybridized carbons (Fsp3) is 0.846. The summed E-state index contributed by atoms with van der Waals surface area (Å²) in [5.74, 6) is -2.78. The maximum absolute atomic E-state index is 12.7. The van der Waals surface area contributed by atoms with Gasteiger partial charge in [0, 0.05) is 11.8 Å². The van der Waals surface area contributed by atoms with E-state index in [4.69, 9.17) is 4.55 Å². The molecule has 0 radical (unpaired) electrons. The zero-order valence-electron chi connectivity index (χ0n) is 11.8. The molecule has 0 amide bonds. The van der Waals surface area contributed by atoms with Gasteiger partial charge in [0.25, 0.3) is 0 Å². The number of carbonyl (C=O) groups excluding carboxylic acids is 2. The summed E-state index contributed by atoms with van der Waals surface area (Å²) in [4.78, 5) is 24.0. The van der Waals surface area contributed by atoms with E-state index in [1.807, 2.05) is 0 Å². The van der Waals surface area contributed by atoms with Gasteiger partial charge in [0.05, 0.1) is 5.92 Å². The molecule has 1 unspecified atom stereocenters. The molecule has 0 aromatic heterocycles. The zero-order valence-corrected chi connectivity index (χ0v) is 12.6. The maximum atomic E-state index is 12.7. The molecule has 1 atom stereocenters. The van der Waals surface area contributed by atoms with Crippen LogP contribution in [0, 0.1) is 29.6 Å². The lowest BCUT2D eigenvalue weighted by molar-refractivity contribution is -0.208. The average molecular weight is 356 g/mol. The van der Waals surface area contributed by atoms with Gasteiger partial charge in [-0.05, 0) is 37.5 Å². The highest BCUT2D eigenvalue weighted by atomic mass is 32.2. The molecule has 23 heavy (non-hydrogen) atoms. The van der Waals surface area contributed by atoms with E-state index in [2.05, 4.69) is 4.74 Å². The minimum atomic E-state index is -5.61. The molecular weight excluding hydrogens is 341 g/mol. The number of esters is 1. The summed E-state index contributed by atoms with van der Waals surface area (Å²) in [6.45, 7) is 0. The number of ketones is 1. The normalized spacial score (nSPS) is 37.7. The molecular formula is C13H15F3O6S. The van der Waals surface area contributed by atoms with Gasteiger partial charge in [0.15, 0.2) is 0 Å². The van der Waals surface area contributed by atoms with Gasteiger partial charge < -0.3 is 4.74 Å². The third-order valence-electron chi connectivity index (χ3n) is 5.20. The Balaban J connectivity index is 1.78. The topological polar surface area (TPSA) is 97.7 Å². The number of rotatable bonds is 3. The van der Waals surface area contributed by atoms with E-state index < -0.39 is 33.6 Å². The van der Waals surface area contributed by atoms with Crippen molar-refractivity contribution < 1.29 is 40.5 Å². The SMILES string of the molecule is O=C1C2CC3CC1CC(C2)C3C(=O)OC(C(F)(F)F)S(=O)(=O)O. The van der Waals surface area contributed by atoms with E-state index in [9.17, 15) is 31.2 Å². The maximum Gasteiger partial charge on any atom is 0.443 e. The Morgan fingerprint density at radius 2 is 1.57 bits per heavy atom. The molecule has 4 saturated carbocycles. The molecule has 0 saturated heterocycles. The molecule has 4 aliphatic rings. The molecule has 4 aliphatic carbocycles. The molecule has 130 valence electrons. The number of hydrogen-bond acceptors (Lipinski definition) is 5. The molecule has 6 nitrogen and oxygen atoms in total. The highest BCUT2D eigenvalue weighted by Gasteiger charge is 2.58. The van der Waals surface area contributed by atoms with Crippen LogP contribution in [0.25, 0.3) is 0 Å². The highest BCUT2D eigenvalue weighted by molar-refractivity contribution is 7.86. The van der Waals surface area contributed by atoms with Crippen molar-refractivity contribution >= 4 is 21.9 Å². The smallest absolute Gasteiger partial charge is 0.433 e. The zero-order chi connectivity index (χ0) is 17.2. The number of halogens is 3. The van der Waals surface area contributed by atoms with E-state index in [0.717, 1.165) is 0 Å². The molecule has 0 aromatic rings. The molecule has 4 fully saturated rings. The fourth-order valence-electron chi connectivity index (χ4n) is 4.48. The number of ether oxygens (including phenoxy) is 1. The van der Waals surface area contributed by atoms with Gasteiger partial charge in [-0.3, -0.25) is 14.1 Å². The van der Waals surface area contributed by atoms with E-state index in [1.165, 1.54) is 0 Å². The van der Waals surface area contributed by atoms with E-state index in [-0.39, 0.29) is 29.5 Å². The summed E-state index contributed by atoms with van der Waals surface area (Å²) in [6, 6.07) is 0. The van der Waals surface area contributed by atoms with Crippen molar-refractivity contribution in [3.05, 3.63) is 0 Å². The van der Waals surface area contributed by atoms with Crippen LogP contribution < -0.4 is 0 Å². The van der Waals surface area contributed by atoms with Crippen molar-refractivity contribution in [2.75, 3.05) is 0 Å². The minimum Gasteiger partial charge on any atom is -0.433 e. The number of alkyl halides is 3. The Kier molecular flexibility index (Phi) is 3.75. The van der Waals surface area contributed by atoms with Gasteiger partial charge in [0.2, 0.25) is 0 Å². The Hall–Kier alpha value is -1.16. The summed E-state index contributed by atoms with van der Waals surface area (Å²) >= 11 is 0. The summed E-state index contributed by atoms with van der Waals surface area (Å²) < 4.78 is 72.6. The number of hydrogen-bond donors (Lipinski definition) is 1. The van der Waals surface area contributed by atoms with Crippen molar-refractivity contribution in [2.45, 2.75) is 37.3 Å². The van der Waals surface area contributed by atoms with Crippen LogP contribution in [0.3, 0.4) is 0 Å². The third-order valence-corrected chi connectivity index (χ3v) is 6.11. The van der Waals surface area contributed by atoms with E-state index in [1.54, 1.807) is 0 Å². The van der Waals surface area contributed by atoms with E-state index >= 15 is 0 Å². The van der Waals surface area contributed by atoms with Crippen molar-refractivity contribution in [2.24, 2.45) is 29.6 Å². The third kappa shape index (κ3) is 2.86. The second kappa shape index (κ2) is 5.17. The lowest BCUT2D eigenvalue weighted by Crippen LogP contribution is -2.54. The molecule has 0 spiro atoms. The van der Waals surface area contributed by atoms with Crippen LogP contribution >= 0.6 is 0 Å². The van der Waals surface area contributed by atoms with Crippen LogP contribution in [-0.4, -0.2) is 36.3 Å². The van der Waals surface area contributed by atoms with Gasteiger partial charge in [0.1, 0.15) is 5.78 Å². The number of carbonyl (C=O) groups is 2. The molecule has 0 heterocycles. The van der Waals surface area contributed by atoms with Crippen LogP contribution in [0.1, 0.15) is 25.7 Å². The average Bonchev–Trinajstić information content (AvgIpc) is 2.37. The summed E-state index contributed by atoms with van der Waals surface area (Å²) in [7, 11) is -5.61.